The molecule has 1 amide bonds. The van der Waals surface area contributed by atoms with Crippen LogP contribution in [0.25, 0.3) is 10.5 Å². The lowest BCUT2D eigenvalue weighted by molar-refractivity contribution is -0.113. The smallest absolute Gasteiger partial charge is 0.295 e. The second kappa shape index (κ2) is 7.37. The number of rotatable bonds is 2. The predicted molar refractivity (Wildman–Crippen MR) is 123 cm³/mol. The molecular formula is C21H12BrClN4O3S. The minimum atomic E-state index is -0.501. The van der Waals surface area contributed by atoms with Crippen molar-refractivity contribution in [1.29, 1.82) is 0 Å². The molecule has 0 unspecified atom stereocenters. The van der Waals surface area contributed by atoms with Crippen molar-refractivity contribution < 1.29 is 4.79 Å². The van der Waals surface area contributed by atoms with Gasteiger partial charge in [0.15, 0.2) is 0 Å². The number of thiazole rings is 1. The zero-order valence-corrected chi connectivity index (χ0v) is 19.1. The fourth-order valence-electron chi connectivity index (χ4n) is 3.51. The van der Waals surface area contributed by atoms with Crippen LogP contribution in [-0.4, -0.2) is 20.5 Å². The number of anilines is 1. The van der Waals surface area contributed by atoms with E-state index in [4.69, 9.17) is 11.6 Å². The van der Waals surface area contributed by atoms with Gasteiger partial charge in [-0.1, -0.05) is 57.1 Å². The lowest BCUT2D eigenvalue weighted by Gasteiger charge is -2.18. The van der Waals surface area contributed by atoms with Crippen LogP contribution in [0.3, 0.4) is 0 Å². The van der Waals surface area contributed by atoms with Gasteiger partial charge < -0.3 is 4.90 Å². The molecule has 31 heavy (non-hydrogen) atoms. The molecule has 154 valence electrons. The summed E-state index contributed by atoms with van der Waals surface area (Å²) >= 11 is 10.7. The van der Waals surface area contributed by atoms with Crippen molar-refractivity contribution >= 4 is 61.0 Å². The zero-order valence-electron chi connectivity index (χ0n) is 15.9. The van der Waals surface area contributed by atoms with E-state index in [0.29, 0.717) is 16.3 Å². The first-order chi connectivity index (χ1) is 14.8. The number of aromatic nitrogens is 3. The summed E-state index contributed by atoms with van der Waals surface area (Å²) in [7, 11) is 0. The van der Waals surface area contributed by atoms with Crippen LogP contribution in [0.2, 0.25) is 5.02 Å². The van der Waals surface area contributed by atoms with Gasteiger partial charge in [0.1, 0.15) is 10.2 Å². The molecular weight excluding hydrogens is 504 g/mol. The second-order valence-corrected chi connectivity index (χ2v) is 9.25. The quantitative estimate of drug-likeness (QED) is 0.410. The largest absolute Gasteiger partial charge is 0.303 e. The number of benzene rings is 2. The van der Waals surface area contributed by atoms with E-state index in [-0.39, 0.29) is 33.2 Å². The molecule has 0 bridgehead atoms. The Hall–Kier alpha value is -2.88. The highest BCUT2D eigenvalue weighted by molar-refractivity contribution is 9.10. The Balaban J connectivity index is 1.79. The molecule has 1 aliphatic heterocycles. The van der Waals surface area contributed by atoms with Crippen LogP contribution in [0.5, 0.6) is 0 Å². The summed E-state index contributed by atoms with van der Waals surface area (Å²) in [5.41, 5.74) is 1.47. The van der Waals surface area contributed by atoms with E-state index in [1.807, 2.05) is 30.3 Å². The van der Waals surface area contributed by atoms with Crippen LogP contribution in [0, 0.1) is 6.92 Å². The van der Waals surface area contributed by atoms with Crippen LogP contribution < -0.4 is 20.6 Å². The first-order valence-electron chi connectivity index (χ1n) is 9.15. The Morgan fingerprint density at radius 3 is 2.68 bits per heavy atom. The molecule has 0 N–H and O–H groups in total. The topological polar surface area (TPSA) is 84.6 Å². The maximum absolute atomic E-state index is 13.5. The standard InChI is InChI=1S/C21H12BrClN4O3S/c1-10-18(28)24-21-27(25-10)20(30)17(31-21)16-13-8-12(22)6-7-15(13)26(19(16)29)9-11-4-2-3-5-14(11)23/h2-8H,9H2,1H3. The van der Waals surface area contributed by atoms with Crippen molar-refractivity contribution in [3.63, 3.8) is 0 Å². The minimum absolute atomic E-state index is 0.116. The number of carbonyl (C=O) groups excluding carboxylic acids is 1. The summed E-state index contributed by atoms with van der Waals surface area (Å²) in [4.78, 5) is 44.2. The normalized spacial score (nSPS) is 15.1. The van der Waals surface area contributed by atoms with Crippen LogP contribution >= 0.6 is 38.9 Å². The summed E-state index contributed by atoms with van der Waals surface area (Å²) in [5.74, 6) is -0.323. The second-order valence-electron chi connectivity index (χ2n) is 6.95. The van der Waals surface area contributed by atoms with Gasteiger partial charge in [-0.25, -0.2) is 0 Å². The summed E-state index contributed by atoms with van der Waals surface area (Å²) in [5, 5.41) is 4.59. The van der Waals surface area contributed by atoms with E-state index in [1.165, 1.54) is 6.92 Å². The van der Waals surface area contributed by atoms with Crippen LogP contribution in [0.15, 0.2) is 56.5 Å². The van der Waals surface area contributed by atoms with Gasteiger partial charge in [0.2, 0.25) is 4.96 Å². The Morgan fingerprint density at radius 2 is 1.90 bits per heavy atom. The SMILES string of the molecule is Cc1nn2c(=O)c(=C3C(=O)N(Cc4ccccc4Cl)c4ccc(Br)cc43)sc2nc1=O. The molecule has 1 aliphatic rings. The Morgan fingerprint density at radius 1 is 1.13 bits per heavy atom. The number of carbonyl (C=O) groups is 1. The molecule has 2 aromatic carbocycles. The predicted octanol–water partition coefficient (Wildman–Crippen LogP) is 2.70. The highest BCUT2D eigenvalue weighted by Crippen LogP contribution is 2.38. The van der Waals surface area contributed by atoms with E-state index in [9.17, 15) is 14.4 Å². The maximum atomic E-state index is 13.5. The van der Waals surface area contributed by atoms with Crippen molar-refractivity contribution in [2.24, 2.45) is 0 Å². The van der Waals surface area contributed by atoms with Crippen molar-refractivity contribution in [3.8, 4) is 0 Å². The van der Waals surface area contributed by atoms with E-state index >= 15 is 0 Å². The number of amides is 1. The Kier molecular flexibility index (Phi) is 4.76. The number of fused-ring (bicyclic) bond motifs is 2. The van der Waals surface area contributed by atoms with Crippen molar-refractivity contribution in [3.05, 3.63) is 94.0 Å². The summed E-state index contributed by atoms with van der Waals surface area (Å²) in [6, 6.07) is 12.8. The molecule has 4 aromatic rings. The van der Waals surface area contributed by atoms with Gasteiger partial charge in [0.25, 0.3) is 17.0 Å². The summed E-state index contributed by atoms with van der Waals surface area (Å²) < 4.78 is 2.04. The van der Waals surface area contributed by atoms with Gasteiger partial charge in [-0.05, 0) is 36.8 Å². The third kappa shape index (κ3) is 3.20. The van der Waals surface area contributed by atoms with Crippen LogP contribution in [0.1, 0.15) is 16.8 Å². The van der Waals surface area contributed by atoms with Crippen LogP contribution in [0.4, 0.5) is 5.69 Å². The van der Waals surface area contributed by atoms with Gasteiger partial charge in [-0.3, -0.25) is 14.4 Å². The number of halogens is 2. The molecule has 0 saturated carbocycles. The highest BCUT2D eigenvalue weighted by Gasteiger charge is 2.35. The van der Waals surface area contributed by atoms with E-state index < -0.39 is 11.1 Å². The van der Waals surface area contributed by atoms with Crippen molar-refractivity contribution in [1.82, 2.24) is 14.6 Å². The first-order valence-corrected chi connectivity index (χ1v) is 11.1. The van der Waals surface area contributed by atoms with E-state index in [2.05, 4.69) is 26.0 Å². The number of hydrogen-bond acceptors (Lipinski definition) is 6. The summed E-state index contributed by atoms with van der Waals surface area (Å²) in [6.45, 7) is 1.74. The third-order valence-electron chi connectivity index (χ3n) is 5.01. The number of hydrogen-bond donors (Lipinski definition) is 0. The fourth-order valence-corrected chi connectivity index (χ4v) is 5.07. The fraction of sp³-hybridized carbons (Fsp3) is 0.0952. The average Bonchev–Trinajstić information content (AvgIpc) is 3.17. The Labute approximate surface area is 192 Å². The summed E-state index contributed by atoms with van der Waals surface area (Å²) in [6.07, 6.45) is 0. The minimum Gasteiger partial charge on any atom is -0.303 e. The molecule has 0 atom stereocenters. The van der Waals surface area contributed by atoms with Crippen LogP contribution in [-0.2, 0) is 11.3 Å². The lowest BCUT2D eigenvalue weighted by Crippen LogP contribution is -2.33. The molecule has 0 fully saturated rings. The van der Waals surface area contributed by atoms with Gasteiger partial charge in [0, 0.05) is 15.1 Å². The van der Waals surface area contributed by atoms with E-state index in [1.54, 1.807) is 17.0 Å². The molecule has 0 spiro atoms. The average molecular weight is 516 g/mol. The molecule has 0 radical (unpaired) electrons. The Bertz CT molecular complexity index is 1580. The van der Waals surface area contributed by atoms with Gasteiger partial charge >= 0.3 is 0 Å². The zero-order chi connectivity index (χ0) is 21.9. The molecule has 0 aliphatic carbocycles. The molecule has 10 heteroatoms. The molecule has 0 saturated heterocycles. The van der Waals surface area contributed by atoms with Gasteiger partial charge in [-0.15, -0.1) is 0 Å². The molecule has 3 heterocycles. The van der Waals surface area contributed by atoms with Gasteiger partial charge in [0.05, 0.1) is 17.8 Å². The van der Waals surface area contributed by atoms with Crippen molar-refractivity contribution in [2.75, 3.05) is 4.90 Å². The molecule has 7 nitrogen and oxygen atoms in total. The molecule has 2 aromatic heterocycles. The van der Waals surface area contributed by atoms with Crippen molar-refractivity contribution in [2.45, 2.75) is 13.5 Å². The maximum Gasteiger partial charge on any atom is 0.295 e. The van der Waals surface area contributed by atoms with E-state index in [0.717, 1.165) is 25.9 Å². The number of aryl methyl sites for hydroxylation is 1. The highest BCUT2D eigenvalue weighted by atomic mass is 79.9. The molecule has 5 rings (SSSR count). The lowest BCUT2D eigenvalue weighted by atomic mass is 10.1. The van der Waals surface area contributed by atoms with Gasteiger partial charge in [-0.2, -0.15) is 14.6 Å². The third-order valence-corrected chi connectivity index (χ3v) is 6.90. The number of nitrogens with zero attached hydrogens (tertiary/aromatic N) is 4. The monoisotopic (exact) mass is 514 g/mol. The first kappa shape index (κ1) is 20.0.